The number of hydrogen-bond acceptors (Lipinski definition) is 4. The third kappa shape index (κ3) is 1.55. The van der Waals surface area contributed by atoms with E-state index in [1.165, 1.54) is 17.7 Å². The van der Waals surface area contributed by atoms with Gasteiger partial charge in [0.25, 0.3) is 11.5 Å². The Morgan fingerprint density at radius 1 is 1.47 bits per heavy atom. The van der Waals surface area contributed by atoms with Crippen LogP contribution in [0.1, 0.15) is 10.5 Å². The number of carbonyl (C=O) groups excluding carboxylic acids is 1. The number of aromatic amines is 1. The zero-order chi connectivity index (χ0) is 13.6. The molecule has 1 aromatic carbocycles. The second-order valence-corrected chi connectivity index (χ2v) is 4.00. The van der Waals surface area contributed by atoms with Gasteiger partial charge in [0.05, 0.1) is 12.5 Å². The first kappa shape index (κ1) is 11.3. The summed E-state index contributed by atoms with van der Waals surface area (Å²) < 4.78 is 6.36. The lowest BCUT2D eigenvalue weighted by Gasteiger charge is -2.03. The molecule has 0 radical (unpaired) electrons. The lowest BCUT2D eigenvalue weighted by Crippen LogP contribution is -2.17. The highest BCUT2D eigenvalue weighted by Gasteiger charge is 2.13. The fraction of sp³-hybridized carbons (Fsp3) is 0.0833. The topological polar surface area (TPSA) is 102 Å². The van der Waals surface area contributed by atoms with Gasteiger partial charge in [-0.2, -0.15) is 0 Å². The van der Waals surface area contributed by atoms with Gasteiger partial charge in [-0.25, -0.2) is 9.50 Å². The fourth-order valence-corrected chi connectivity index (χ4v) is 1.98. The van der Waals surface area contributed by atoms with Crippen molar-refractivity contribution < 1.29 is 9.53 Å². The summed E-state index contributed by atoms with van der Waals surface area (Å²) in [5.74, 6) is -0.153. The second-order valence-electron chi connectivity index (χ2n) is 4.00. The molecule has 1 amide bonds. The molecule has 0 saturated heterocycles. The maximum absolute atomic E-state index is 12.3. The van der Waals surface area contributed by atoms with Gasteiger partial charge in [-0.3, -0.25) is 14.7 Å². The van der Waals surface area contributed by atoms with Crippen molar-refractivity contribution in [3.05, 3.63) is 40.3 Å². The standard InChI is InChI=1S/C12H10N4O3/c1-19-8-4-2-3-6-10(8)14-9-5-7(11(13)17)15-16(9)12(6)18/h2-5,15H,1H3,(H2,13,17). The normalized spacial score (nSPS) is 11.0. The van der Waals surface area contributed by atoms with Crippen LogP contribution in [0, 0.1) is 0 Å². The van der Waals surface area contributed by atoms with E-state index in [1.807, 2.05) is 0 Å². The molecule has 7 nitrogen and oxygen atoms in total. The minimum Gasteiger partial charge on any atom is -0.494 e. The largest absolute Gasteiger partial charge is 0.494 e. The summed E-state index contributed by atoms with van der Waals surface area (Å²) in [5, 5.41) is 3.02. The van der Waals surface area contributed by atoms with E-state index in [0.29, 0.717) is 22.3 Å². The Morgan fingerprint density at radius 3 is 2.95 bits per heavy atom. The van der Waals surface area contributed by atoms with Gasteiger partial charge in [0.2, 0.25) is 0 Å². The number of para-hydroxylation sites is 1. The molecule has 0 unspecified atom stereocenters. The van der Waals surface area contributed by atoms with Crippen LogP contribution in [0.15, 0.2) is 29.1 Å². The number of rotatable bonds is 2. The maximum Gasteiger partial charge on any atom is 0.280 e. The van der Waals surface area contributed by atoms with E-state index < -0.39 is 5.91 Å². The molecule has 2 aromatic heterocycles. The number of aromatic nitrogens is 3. The van der Waals surface area contributed by atoms with Crippen LogP contribution in [0.5, 0.6) is 5.75 Å². The van der Waals surface area contributed by atoms with Gasteiger partial charge in [-0.05, 0) is 12.1 Å². The smallest absolute Gasteiger partial charge is 0.280 e. The van der Waals surface area contributed by atoms with Crippen LogP contribution >= 0.6 is 0 Å². The number of methoxy groups -OCH3 is 1. The molecule has 7 heteroatoms. The number of H-pyrrole nitrogens is 1. The Morgan fingerprint density at radius 2 is 2.26 bits per heavy atom. The molecule has 0 saturated carbocycles. The highest BCUT2D eigenvalue weighted by atomic mass is 16.5. The van der Waals surface area contributed by atoms with Crippen molar-refractivity contribution in [3.63, 3.8) is 0 Å². The fourth-order valence-electron chi connectivity index (χ4n) is 1.98. The van der Waals surface area contributed by atoms with E-state index in [9.17, 15) is 9.59 Å². The summed E-state index contributed by atoms with van der Waals surface area (Å²) in [6, 6.07) is 6.49. The Hall–Kier alpha value is -2.83. The number of nitrogens with zero attached hydrogens (tertiary/aromatic N) is 2. The molecule has 2 heterocycles. The molecular formula is C12H10N4O3. The molecule has 0 atom stereocenters. The molecule has 0 aliphatic heterocycles. The number of benzene rings is 1. The third-order valence-electron chi connectivity index (χ3n) is 2.88. The Kier molecular flexibility index (Phi) is 2.28. The summed E-state index contributed by atoms with van der Waals surface area (Å²) in [5.41, 5.74) is 5.75. The van der Waals surface area contributed by atoms with E-state index in [2.05, 4.69) is 10.1 Å². The molecule has 0 spiro atoms. The number of primary amides is 1. The maximum atomic E-state index is 12.3. The van der Waals surface area contributed by atoms with Crippen LogP contribution in [0.3, 0.4) is 0 Å². The van der Waals surface area contributed by atoms with Crippen LogP contribution in [0.25, 0.3) is 16.6 Å². The van der Waals surface area contributed by atoms with Crippen molar-refractivity contribution in [1.29, 1.82) is 0 Å². The monoisotopic (exact) mass is 258 g/mol. The Labute approximate surface area is 106 Å². The number of hydrogen-bond donors (Lipinski definition) is 2. The van der Waals surface area contributed by atoms with E-state index in [0.717, 1.165) is 0 Å². The zero-order valence-electron chi connectivity index (χ0n) is 10.0. The molecule has 3 rings (SSSR count). The molecule has 0 bridgehead atoms. The van der Waals surface area contributed by atoms with Crippen molar-refractivity contribution in [3.8, 4) is 5.75 Å². The van der Waals surface area contributed by atoms with E-state index in [1.54, 1.807) is 18.2 Å². The number of amides is 1. The second kappa shape index (κ2) is 3.84. The summed E-state index contributed by atoms with van der Waals surface area (Å²) in [4.78, 5) is 27.7. The number of ether oxygens (including phenoxy) is 1. The number of carbonyl (C=O) groups is 1. The minimum atomic E-state index is -0.652. The van der Waals surface area contributed by atoms with Crippen LogP contribution < -0.4 is 16.0 Å². The Balaban J connectivity index is 2.49. The van der Waals surface area contributed by atoms with Crippen LogP contribution in [0.4, 0.5) is 0 Å². The Bertz CT molecular complexity index is 862. The molecule has 96 valence electrons. The van der Waals surface area contributed by atoms with Crippen molar-refractivity contribution in [2.45, 2.75) is 0 Å². The van der Waals surface area contributed by atoms with Gasteiger partial charge >= 0.3 is 0 Å². The van der Waals surface area contributed by atoms with Crippen molar-refractivity contribution in [2.75, 3.05) is 7.11 Å². The highest BCUT2D eigenvalue weighted by molar-refractivity contribution is 5.92. The van der Waals surface area contributed by atoms with Gasteiger partial charge in [0.15, 0.2) is 5.65 Å². The lowest BCUT2D eigenvalue weighted by atomic mass is 10.2. The predicted molar refractivity (Wildman–Crippen MR) is 68.4 cm³/mol. The van der Waals surface area contributed by atoms with Gasteiger partial charge in [-0.15, -0.1) is 0 Å². The van der Waals surface area contributed by atoms with E-state index in [-0.39, 0.29) is 11.3 Å². The lowest BCUT2D eigenvalue weighted by molar-refractivity contribution is 0.0995. The first-order valence-electron chi connectivity index (χ1n) is 5.50. The molecule has 0 aliphatic rings. The van der Waals surface area contributed by atoms with Crippen LogP contribution in [-0.2, 0) is 0 Å². The van der Waals surface area contributed by atoms with Gasteiger partial charge in [-0.1, -0.05) is 6.07 Å². The first-order chi connectivity index (χ1) is 9.11. The molecular weight excluding hydrogens is 248 g/mol. The number of nitrogens with two attached hydrogens (primary N) is 1. The summed E-state index contributed by atoms with van der Waals surface area (Å²) in [6.45, 7) is 0. The summed E-state index contributed by atoms with van der Waals surface area (Å²) in [6.07, 6.45) is 0. The van der Waals surface area contributed by atoms with Gasteiger partial charge in [0.1, 0.15) is 17.0 Å². The van der Waals surface area contributed by atoms with Crippen LogP contribution in [-0.4, -0.2) is 27.6 Å². The van der Waals surface area contributed by atoms with E-state index >= 15 is 0 Å². The van der Waals surface area contributed by atoms with Gasteiger partial charge < -0.3 is 10.5 Å². The van der Waals surface area contributed by atoms with Crippen LogP contribution in [0.2, 0.25) is 0 Å². The van der Waals surface area contributed by atoms with Crippen molar-refractivity contribution in [1.82, 2.24) is 14.6 Å². The predicted octanol–water partition coefficient (Wildman–Crippen LogP) is 0.283. The minimum absolute atomic E-state index is 0.124. The average molecular weight is 258 g/mol. The SMILES string of the molecule is COc1cccc2c(=O)n3[nH]c(C(N)=O)cc3nc12. The van der Waals surface area contributed by atoms with Gasteiger partial charge in [0, 0.05) is 6.07 Å². The van der Waals surface area contributed by atoms with Crippen molar-refractivity contribution >= 4 is 22.5 Å². The number of fused-ring (bicyclic) bond motifs is 2. The third-order valence-corrected chi connectivity index (χ3v) is 2.88. The summed E-state index contributed by atoms with van der Waals surface area (Å²) in [7, 11) is 1.50. The molecule has 0 fully saturated rings. The zero-order valence-corrected chi connectivity index (χ0v) is 10.0. The molecule has 3 N–H and O–H groups in total. The van der Waals surface area contributed by atoms with Crippen molar-refractivity contribution in [2.24, 2.45) is 5.73 Å². The molecule has 19 heavy (non-hydrogen) atoms. The highest BCUT2D eigenvalue weighted by Crippen LogP contribution is 2.21. The molecule has 3 aromatic rings. The summed E-state index contributed by atoms with van der Waals surface area (Å²) >= 11 is 0. The average Bonchev–Trinajstić information content (AvgIpc) is 2.83. The quantitative estimate of drug-likeness (QED) is 0.689. The number of nitrogens with one attached hydrogen (secondary N) is 1. The van der Waals surface area contributed by atoms with E-state index in [4.69, 9.17) is 10.5 Å². The molecule has 0 aliphatic carbocycles. The first-order valence-corrected chi connectivity index (χ1v) is 5.50.